The van der Waals surface area contributed by atoms with Crippen LogP contribution in [0.5, 0.6) is 0 Å². The summed E-state index contributed by atoms with van der Waals surface area (Å²) in [7, 11) is 0. The van der Waals surface area contributed by atoms with Gasteiger partial charge in [-0.1, -0.05) is 15.9 Å². The Balaban J connectivity index is 2.10. The summed E-state index contributed by atoms with van der Waals surface area (Å²) in [5, 5.41) is 14.3. The van der Waals surface area contributed by atoms with Crippen LogP contribution in [0.2, 0.25) is 0 Å². The normalized spacial score (nSPS) is 9.60. The van der Waals surface area contributed by atoms with Crippen LogP contribution in [-0.4, -0.2) is 6.03 Å². The van der Waals surface area contributed by atoms with Gasteiger partial charge in [0.1, 0.15) is 6.07 Å². The van der Waals surface area contributed by atoms with Gasteiger partial charge in [-0.05, 0) is 42.5 Å². The first-order valence-corrected chi connectivity index (χ1v) is 6.51. The maximum Gasteiger partial charge on any atom is 0.323 e. The topological polar surface area (TPSA) is 90.9 Å². The zero-order valence-corrected chi connectivity index (χ0v) is 11.9. The fraction of sp³-hybridized carbons (Fsp3) is 0. The number of amides is 2. The van der Waals surface area contributed by atoms with Crippen LogP contribution in [-0.2, 0) is 0 Å². The number of halogens is 1. The van der Waals surface area contributed by atoms with E-state index in [1.165, 1.54) is 0 Å². The van der Waals surface area contributed by atoms with Gasteiger partial charge in [0.05, 0.1) is 11.3 Å². The number of urea groups is 1. The van der Waals surface area contributed by atoms with E-state index in [9.17, 15) is 4.79 Å². The average molecular weight is 331 g/mol. The third-order valence-corrected chi connectivity index (χ3v) is 3.01. The second kappa shape index (κ2) is 6.08. The molecule has 0 radical (unpaired) electrons. The molecule has 0 aliphatic carbocycles. The van der Waals surface area contributed by atoms with Gasteiger partial charge in [0.15, 0.2) is 0 Å². The van der Waals surface area contributed by atoms with Crippen molar-refractivity contribution >= 4 is 39.0 Å². The number of benzene rings is 2. The van der Waals surface area contributed by atoms with Crippen molar-refractivity contribution in [2.45, 2.75) is 0 Å². The Morgan fingerprint density at radius 3 is 2.50 bits per heavy atom. The molecule has 0 aliphatic heterocycles. The summed E-state index contributed by atoms with van der Waals surface area (Å²) >= 11 is 3.30. The molecule has 5 nitrogen and oxygen atoms in total. The third kappa shape index (κ3) is 3.49. The molecule has 4 N–H and O–H groups in total. The molecular formula is C14H11BrN4O. The van der Waals surface area contributed by atoms with Crippen LogP contribution in [0.4, 0.5) is 21.9 Å². The summed E-state index contributed by atoms with van der Waals surface area (Å²) in [6.45, 7) is 0. The third-order valence-electron chi connectivity index (χ3n) is 2.52. The van der Waals surface area contributed by atoms with Gasteiger partial charge in [0.2, 0.25) is 0 Å². The lowest BCUT2D eigenvalue weighted by Gasteiger charge is -2.09. The number of rotatable bonds is 2. The summed E-state index contributed by atoms with van der Waals surface area (Å²) in [5.41, 5.74) is 7.63. The van der Waals surface area contributed by atoms with Gasteiger partial charge < -0.3 is 16.4 Å². The number of hydrogen-bond acceptors (Lipinski definition) is 3. The molecule has 0 unspecified atom stereocenters. The highest BCUT2D eigenvalue weighted by atomic mass is 79.9. The van der Waals surface area contributed by atoms with E-state index in [-0.39, 0.29) is 0 Å². The number of nitrogens with one attached hydrogen (secondary N) is 2. The molecule has 0 saturated heterocycles. The van der Waals surface area contributed by atoms with E-state index in [0.29, 0.717) is 22.6 Å². The molecule has 100 valence electrons. The van der Waals surface area contributed by atoms with Crippen molar-refractivity contribution in [1.29, 1.82) is 5.26 Å². The molecule has 20 heavy (non-hydrogen) atoms. The summed E-state index contributed by atoms with van der Waals surface area (Å²) < 4.78 is 0.777. The number of nitrogens with two attached hydrogens (primary N) is 1. The summed E-state index contributed by atoms with van der Waals surface area (Å²) in [6, 6.07) is 13.4. The standard InChI is InChI=1S/C14H11BrN4O/c15-10-2-1-9(8-16)13(7-10)19-14(20)18-12-5-3-11(17)4-6-12/h1-7H,17H2,(H2,18,19,20). The minimum Gasteiger partial charge on any atom is -0.399 e. The van der Waals surface area contributed by atoms with Crippen molar-refractivity contribution in [3.05, 3.63) is 52.5 Å². The monoisotopic (exact) mass is 330 g/mol. The molecule has 0 aliphatic rings. The van der Waals surface area contributed by atoms with E-state index in [0.717, 1.165) is 4.47 Å². The first kappa shape index (κ1) is 13.9. The molecule has 0 heterocycles. The molecule has 0 atom stereocenters. The van der Waals surface area contributed by atoms with E-state index in [2.05, 4.69) is 26.6 Å². The number of nitrogens with zero attached hydrogens (tertiary/aromatic N) is 1. The quantitative estimate of drug-likeness (QED) is 0.735. The highest BCUT2D eigenvalue weighted by Gasteiger charge is 2.07. The van der Waals surface area contributed by atoms with E-state index in [1.807, 2.05) is 6.07 Å². The summed E-state index contributed by atoms with van der Waals surface area (Å²) in [6.07, 6.45) is 0. The SMILES string of the molecule is N#Cc1ccc(Br)cc1NC(=O)Nc1ccc(N)cc1. The second-order valence-corrected chi connectivity index (χ2v) is 4.92. The number of carbonyl (C=O) groups is 1. The number of carbonyl (C=O) groups excluding carboxylic acids is 1. The van der Waals surface area contributed by atoms with Crippen molar-refractivity contribution < 1.29 is 4.79 Å². The second-order valence-electron chi connectivity index (χ2n) is 4.00. The molecule has 0 fully saturated rings. The molecule has 0 saturated carbocycles. The molecular weight excluding hydrogens is 320 g/mol. The van der Waals surface area contributed by atoms with Crippen LogP contribution in [0.15, 0.2) is 46.9 Å². The highest BCUT2D eigenvalue weighted by molar-refractivity contribution is 9.10. The van der Waals surface area contributed by atoms with Crippen LogP contribution in [0.25, 0.3) is 0 Å². The van der Waals surface area contributed by atoms with Gasteiger partial charge in [0.25, 0.3) is 0 Å². The lowest BCUT2D eigenvalue weighted by atomic mass is 10.2. The van der Waals surface area contributed by atoms with E-state index in [4.69, 9.17) is 11.0 Å². The number of hydrogen-bond donors (Lipinski definition) is 3. The lowest BCUT2D eigenvalue weighted by molar-refractivity contribution is 0.262. The van der Waals surface area contributed by atoms with Crippen molar-refractivity contribution in [3.8, 4) is 6.07 Å². The highest BCUT2D eigenvalue weighted by Crippen LogP contribution is 2.21. The Hall–Kier alpha value is -2.52. The molecule has 2 amide bonds. The Bertz CT molecular complexity index is 677. The first-order valence-electron chi connectivity index (χ1n) is 5.71. The first-order chi connectivity index (χ1) is 9.58. The fourth-order valence-electron chi connectivity index (χ4n) is 1.57. The van der Waals surface area contributed by atoms with Crippen LogP contribution in [0, 0.1) is 11.3 Å². The molecule has 0 bridgehead atoms. The number of nitriles is 1. The van der Waals surface area contributed by atoms with E-state index in [1.54, 1.807) is 42.5 Å². The van der Waals surface area contributed by atoms with E-state index >= 15 is 0 Å². The largest absolute Gasteiger partial charge is 0.399 e. The Morgan fingerprint density at radius 2 is 1.85 bits per heavy atom. The average Bonchev–Trinajstić information content (AvgIpc) is 2.41. The zero-order valence-electron chi connectivity index (χ0n) is 10.4. The van der Waals surface area contributed by atoms with Crippen molar-refractivity contribution in [2.75, 3.05) is 16.4 Å². The van der Waals surface area contributed by atoms with Gasteiger partial charge in [-0.2, -0.15) is 5.26 Å². The summed E-state index contributed by atoms with van der Waals surface area (Å²) in [5.74, 6) is 0. The van der Waals surface area contributed by atoms with Gasteiger partial charge in [-0.25, -0.2) is 4.79 Å². The fourth-order valence-corrected chi connectivity index (χ4v) is 1.93. The molecule has 6 heteroatoms. The van der Waals surface area contributed by atoms with Crippen molar-refractivity contribution in [2.24, 2.45) is 0 Å². The lowest BCUT2D eigenvalue weighted by Crippen LogP contribution is -2.20. The minimum absolute atomic E-state index is 0.389. The number of anilines is 3. The van der Waals surface area contributed by atoms with Crippen LogP contribution >= 0.6 is 15.9 Å². The molecule has 0 aromatic heterocycles. The van der Waals surface area contributed by atoms with Gasteiger partial charge in [-0.3, -0.25) is 0 Å². The minimum atomic E-state index is -0.427. The van der Waals surface area contributed by atoms with Gasteiger partial charge >= 0.3 is 6.03 Å². The van der Waals surface area contributed by atoms with Crippen LogP contribution in [0.1, 0.15) is 5.56 Å². The molecule has 0 spiro atoms. The Kier molecular flexibility index (Phi) is 4.23. The maximum absolute atomic E-state index is 11.9. The Labute approximate surface area is 124 Å². The number of nitrogen functional groups attached to an aromatic ring is 1. The maximum atomic E-state index is 11.9. The molecule has 2 aromatic carbocycles. The van der Waals surface area contributed by atoms with Gasteiger partial charge in [-0.15, -0.1) is 0 Å². The predicted octanol–water partition coefficient (Wildman–Crippen LogP) is 3.55. The van der Waals surface area contributed by atoms with Gasteiger partial charge in [0, 0.05) is 15.8 Å². The van der Waals surface area contributed by atoms with Crippen LogP contribution in [0.3, 0.4) is 0 Å². The zero-order chi connectivity index (χ0) is 14.5. The van der Waals surface area contributed by atoms with Crippen molar-refractivity contribution in [1.82, 2.24) is 0 Å². The van der Waals surface area contributed by atoms with E-state index < -0.39 is 6.03 Å². The van der Waals surface area contributed by atoms with Crippen molar-refractivity contribution in [3.63, 3.8) is 0 Å². The molecule has 2 rings (SSSR count). The molecule has 2 aromatic rings. The summed E-state index contributed by atoms with van der Waals surface area (Å²) in [4.78, 5) is 11.9. The smallest absolute Gasteiger partial charge is 0.323 e. The predicted molar refractivity (Wildman–Crippen MR) is 82.4 cm³/mol. The Morgan fingerprint density at radius 1 is 1.15 bits per heavy atom. The van der Waals surface area contributed by atoms with Crippen LogP contribution < -0.4 is 16.4 Å².